The first-order chi connectivity index (χ1) is 8.69. The molecule has 0 fully saturated rings. The molecule has 0 aliphatic heterocycles. The van der Waals surface area contributed by atoms with Crippen LogP contribution in [0.3, 0.4) is 0 Å². The standard InChI is InChI=1S/C12H22N4O2/c1-4-18-11-7-9(2)14-12(16-11)15-10(8-13)5-6-17-3/h7,10H,4-6,8,13H2,1-3H3,(H,14,15,16). The minimum atomic E-state index is 0.0984. The number of nitrogens with zero attached hydrogens (tertiary/aromatic N) is 2. The van der Waals surface area contributed by atoms with E-state index in [2.05, 4.69) is 15.3 Å². The molecule has 0 aliphatic rings. The number of methoxy groups -OCH3 is 1. The molecule has 6 heteroatoms. The van der Waals surface area contributed by atoms with Crippen LogP contribution < -0.4 is 15.8 Å². The van der Waals surface area contributed by atoms with Crippen LogP contribution in [0.4, 0.5) is 5.95 Å². The van der Waals surface area contributed by atoms with E-state index in [1.54, 1.807) is 13.2 Å². The van der Waals surface area contributed by atoms with Gasteiger partial charge in [-0.2, -0.15) is 4.98 Å². The minimum Gasteiger partial charge on any atom is -0.478 e. The SMILES string of the molecule is CCOc1cc(C)nc(NC(CN)CCOC)n1. The largest absolute Gasteiger partial charge is 0.478 e. The van der Waals surface area contributed by atoms with E-state index in [9.17, 15) is 0 Å². The number of hydrogen-bond donors (Lipinski definition) is 2. The maximum absolute atomic E-state index is 5.69. The molecule has 102 valence electrons. The summed E-state index contributed by atoms with van der Waals surface area (Å²) in [5.41, 5.74) is 6.55. The highest BCUT2D eigenvalue weighted by Crippen LogP contribution is 2.13. The van der Waals surface area contributed by atoms with Gasteiger partial charge >= 0.3 is 0 Å². The average molecular weight is 254 g/mol. The first-order valence-electron chi connectivity index (χ1n) is 6.13. The Morgan fingerprint density at radius 1 is 1.44 bits per heavy atom. The van der Waals surface area contributed by atoms with E-state index in [-0.39, 0.29) is 6.04 Å². The van der Waals surface area contributed by atoms with Crippen molar-refractivity contribution in [3.05, 3.63) is 11.8 Å². The van der Waals surface area contributed by atoms with Crippen molar-refractivity contribution in [2.45, 2.75) is 26.3 Å². The van der Waals surface area contributed by atoms with Gasteiger partial charge in [-0.25, -0.2) is 4.98 Å². The Kier molecular flexibility index (Phi) is 6.38. The topological polar surface area (TPSA) is 82.3 Å². The van der Waals surface area contributed by atoms with Crippen molar-refractivity contribution in [1.29, 1.82) is 0 Å². The molecule has 1 unspecified atom stereocenters. The monoisotopic (exact) mass is 254 g/mol. The number of nitrogens with two attached hydrogens (primary N) is 1. The summed E-state index contributed by atoms with van der Waals surface area (Å²) in [5, 5.41) is 3.20. The van der Waals surface area contributed by atoms with Gasteiger partial charge in [0.2, 0.25) is 11.8 Å². The molecule has 1 heterocycles. The lowest BCUT2D eigenvalue weighted by Crippen LogP contribution is -2.31. The summed E-state index contributed by atoms with van der Waals surface area (Å²) < 4.78 is 10.4. The third-order valence-corrected chi connectivity index (χ3v) is 2.41. The molecule has 0 spiro atoms. The lowest BCUT2D eigenvalue weighted by molar-refractivity contribution is 0.190. The number of nitrogens with one attached hydrogen (secondary N) is 1. The summed E-state index contributed by atoms with van der Waals surface area (Å²) in [4.78, 5) is 8.59. The second kappa shape index (κ2) is 7.84. The van der Waals surface area contributed by atoms with Gasteiger partial charge < -0.3 is 20.5 Å². The number of hydrogen-bond acceptors (Lipinski definition) is 6. The summed E-state index contributed by atoms with van der Waals surface area (Å²) in [5.74, 6) is 1.13. The van der Waals surface area contributed by atoms with Gasteiger partial charge in [0.15, 0.2) is 0 Å². The molecule has 1 aromatic rings. The van der Waals surface area contributed by atoms with Gasteiger partial charge in [-0.3, -0.25) is 0 Å². The third-order valence-electron chi connectivity index (χ3n) is 2.41. The van der Waals surface area contributed by atoms with Gasteiger partial charge in [0.1, 0.15) is 0 Å². The molecule has 1 aromatic heterocycles. The zero-order chi connectivity index (χ0) is 13.4. The maximum Gasteiger partial charge on any atom is 0.226 e. The minimum absolute atomic E-state index is 0.0984. The molecule has 0 radical (unpaired) electrons. The van der Waals surface area contributed by atoms with E-state index < -0.39 is 0 Å². The predicted molar refractivity (Wildman–Crippen MR) is 70.9 cm³/mol. The molecule has 1 rings (SSSR count). The first kappa shape index (κ1) is 14.7. The molecule has 0 aromatic carbocycles. The van der Waals surface area contributed by atoms with Crippen molar-refractivity contribution in [3.63, 3.8) is 0 Å². The van der Waals surface area contributed by atoms with Crippen molar-refractivity contribution in [3.8, 4) is 5.88 Å². The fraction of sp³-hybridized carbons (Fsp3) is 0.667. The Balaban J connectivity index is 2.69. The Labute approximate surface area is 108 Å². The fourth-order valence-corrected chi connectivity index (χ4v) is 1.52. The van der Waals surface area contributed by atoms with Gasteiger partial charge in [0, 0.05) is 38.1 Å². The molecule has 0 saturated heterocycles. The van der Waals surface area contributed by atoms with Crippen LogP contribution in [0.15, 0.2) is 6.07 Å². The summed E-state index contributed by atoms with van der Waals surface area (Å²) in [6.07, 6.45) is 0.814. The Hall–Kier alpha value is -1.40. The molecule has 0 amide bonds. The van der Waals surface area contributed by atoms with E-state index in [0.29, 0.717) is 31.6 Å². The molecule has 0 saturated carbocycles. The van der Waals surface area contributed by atoms with Gasteiger partial charge in [0.25, 0.3) is 0 Å². The fourth-order valence-electron chi connectivity index (χ4n) is 1.52. The molecular formula is C12H22N4O2. The summed E-state index contributed by atoms with van der Waals surface area (Å²) in [7, 11) is 1.67. The first-order valence-corrected chi connectivity index (χ1v) is 6.13. The number of aromatic nitrogens is 2. The lowest BCUT2D eigenvalue weighted by Gasteiger charge is -2.17. The predicted octanol–water partition coefficient (Wildman–Crippen LogP) is 0.959. The van der Waals surface area contributed by atoms with Crippen LogP contribution in [-0.4, -0.2) is 42.9 Å². The van der Waals surface area contributed by atoms with Gasteiger partial charge in [0.05, 0.1) is 6.61 Å². The van der Waals surface area contributed by atoms with Gasteiger partial charge in [-0.15, -0.1) is 0 Å². The quantitative estimate of drug-likeness (QED) is 0.719. The van der Waals surface area contributed by atoms with E-state index in [1.165, 1.54) is 0 Å². The van der Waals surface area contributed by atoms with Crippen molar-refractivity contribution in [1.82, 2.24) is 9.97 Å². The number of anilines is 1. The van der Waals surface area contributed by atoms with Crippen LogP contribution in [0.5, 0.6) is 5.88 Å². The van der Waals surface area contributed by atoms with E-state index in [1.807, 2.05) is 13.8 Å². The number of ether oxygens (including phenoxy) is 2. The van der Waals surface area contributed by atoms with Crippen LogP contribution in [-0.2, 0) is 4.74 Å². The molecule has 0 bridgehead atoms. The van der Waals surface area contributed by atoms with Gasteiger partial charge in [-0.1, -0.05) is 0 Å². The van der Waals surface area contributed by atoms with Crippen LogP contribution in [0.25, 0.3) is 0 Å². The van der Waals surface area contributed by atoms with Crippen molar-refractivity contribution >= 4 is 5.95 Å². The third kappa shape index (κ3) is 4.85. The molecular weight excluding hydrogens is 232 g/mol. The van der Waals surface area contributed by atoms with E-state index in [0.717, 1.165) is 12.1 Å². The van der Waals surface area contributed by atoms with Crippen molar-refractivity contribution < 1.29 is 9.47 Å². The highest BCUT2D eigenvalue weighted by Gasteiger charge is 2.09. The normalized spacial score (nSPS) is 12.2. The highest BCUT2D eigenvalue weighted by atomic mass is 16.5. The second-order valence-electron chi connectivity index (χ2n) is 3.96. The summed E-state index contributed by atoms with van der Waals surface area (Å²) >= 11 is 0. The number of rotatable bonds is 8. The van der Waals surface area contributed by atoms with Gasteiger partial charge in [-0.05, 0) is 20.3 Å². The Bertz CT molecular complexity index is 360. The van der Waals surface area contributed by atoms with Crippen LogP contribution >= 0.6 is 0 Å². The van der Waals surface area contributed by atoms with E-state index in [4.69, 9.17) is 15.2 Å². The molecule has 6 nitrogen and oxygen atoms in total. The molecule has 18 heavy (non-hydrogen) atoms. The number of aryl methyl sites for hydroxylation is 1. The maximum atomic E-state index is 5.69. The Morgan fingerprint density at radius 2 is 2.22 bits per heavy atom. The summed E-state index contributed by atoms with van der Waals surface area (Å²) in [6.45, 7) is 5.57. The Morgan fingerprint density at radius 3 is 2.83 bits per heavy atom. The highest BCUT2D eigenvalue weighted by molar-refractivity contribution is 5.31. The van der Waals surface area contributed by atoms with Crippen LogP contribution in [0, 0.1) is 6.92 Å². The van der Waals surface area contributed by atoms with Crippen molar-refractivity contribution in [2.24, 2.45) is 5.73 Å². The second-order valence-corrected chi connectivity index (χ2v) is 3.96. The average Bonchev–Trinajstić information content (AvgIpc) is 2.34. The van der Waals surface area contributed by atoms with Crippen LogP contribution in [0.2, 0.25) is 0 Å². The molecule has 3 N–H and O–H groups in total. The molecule has 0 aliphatic carbocycles. The zero-order valence-electron chi connectivity index (χ0n) is 11.3. The van der Waals surface area contributed by atoms with Crippen molar-refractivity contribution in [2.75, 3.05) is 32.2 Å². The summed E-state index contributed by atoms with van der Waals surface area (Å²) in [6, 6.07) is 1.91. The van der Waals surface area contributed by atoms with Crippen LogP contribution in [0.1, 0.15) is 19.0 Å². The zero-order valence-corrected chi connectivity index (χ0v) is 11.3. The smallest absolute Gasteiger partial charge is 0.226 e. The molecule has 1 atom stereocenters. The lowest BCUT2D eigenvalue weighted by atomic mass is 10.2. The van der Waals surface area contributed by atoms with E-state index >= 15 is 0 Å².